The molecule has 3 aliphatic heterocycles. The number of nitrogens with zero attached hydrogens (tertiary/aromatic N) is 3. The first kappa shape index (κ1) is 24.2. The van der Waals surface area contributed by atoms with Gasteiger partial charge in [-0.2, -0.15) is 4.67 Å². The van der Waals surface area contributed by atoms with Crippen molar-refractivity contribution in [1.29, 1.82) is 0 Å². The molecule has 0 amide bonds. The van der Waals surface area contributed by atoms with E-state index in [9.17, 15) is 24.6 Å². The van der Waals surface area contributed by atoms with Gasteiger partial charge in [0.15, 0.2) is 0 Å². The van der Waals surface area contributed by atoms with Crippen LogP contribution in [-0.4, -0.2) is 57.8 Å². The maximum Gasteiger partial charge on any atom is 0.516 e. The highest BCUT2D eigenvalue weighted by Gasteiger charge is 2.49. The van der Waals surface area contributed by atoms with E-state index < -0.39 is 24.7 Å². The summed E-state index contributed by atoms with van der Waals surface area (Å²) in [4.78, 5) is 24.9. The molecule has 2 atom stereocenters. The van der Waals surface area contributed by atoms with E-state index in [-0.39, 0.29) is 29.1 Å². The third-order valence-corrected chi connectivity index (χ3v) is 8.72. The molecule has 10 nitrogen and oxygen atoms in total. The number of benzene rings is 2. The Morgan fingerprint density at radius 3 is 2.12 bits per heavy atom. The SMILES string of the molecule is C[C@@H](C(=O)O)N(CC12CCN(CC1)CC2)P(=O)(Oc1ccccc1)Oc1ccc([N+](=O)[O-])cc1. The Balaban J connectivity index is 1.71. The molecule has 0 aliphatic carbocycles. The van der Waals surface area contributed by atoms with Crippen LogP contribution in [0.15, 0.2) is 54.6 Å². The Hall–Kier alpha value is -2.94. The average molecular weight is 489 g/mol. The fourth-order valence-corrected chi connectivity index (χ4v) is 6.56. The third kappa shape index (κ3) is 5.24. The number of carboxylic acid groups (broad SMARTS) is 1. The molecule has 3 fully saturated rings. The number of rotatable bonds is 10. The summed E-state index contributed by atoms with van der Waals surface area (Å²) in [5, 5.41) is 20.9. The van der Waals surface area contributed by atoms with Crippen LogP contribution in [0.1, 0.15) is 26.2 Å². The van der Waals surface area contributed by atoms with Crippen LogP contribution < -0.4 is 9.05 Å². The number of piperidine rings is 3. The van der Waals surface area contributed by atoms with Crippen LogP contribution in [0.3, 0.4) is 0 Å². The minimum atomic E-state index is -4.26. The number of aliphatic carboxylic acids is 1. The summed E-state index contributed by atoms with van der Waals surface area (Å²) in [5.41, 5.74) is -0.331. The summed E-state index contributed by atoms with van der Waals surface area (Å²) < 4.78 is 27.6. The highest BCUT2D eigenvalue weighted by Crippen LogP contribution is 2.56. The summed E-state index contributed by atoms with van der Waals surface area (Å²) in [6.07, 6.45) is 2.62. The number of hydrogen-bond acceptors (Lipinski definition) is 7. The van der Waals surface area contributed by atoms with Gasteiger partial charge in [-0.3, -0.25) is 14.9 Å². The maximum absolute atomic E-state index is 14.4. The van der Waals surface area contributed by atoms with E-state index in [1.807, 2.05) is 0 Å². The first-order valence-corrected chi connectivity index (χ1v) is 12.7. The lowest BCUT2D eigenvalue weighted by Crippen LogP contribution is -2.54. The van der Waals surface area contributed by atoms with Gasteiger partial charge in [0.2, 0.25) is 0 Å². The minimum absolute atomic E-state index is 0.0865. The predicted molar refractivity (Wildman–Crippen MR) is 125 cm³/mol. The minimum Gasteiger partial charge on any atom is -0.480 e. The van der Waals surface area contributed by atoms with Gasteiger partial charge in [0.1, 0.15) is 17.5 Å². The zero-order valence-corrected chi connectivity index (χ0v) is 19.8. The molecular formula is C23H28N3O7P. The maximum atomic E-state index is 14.4. The van der Waals surface area contributed by atoms with Gasteiger partial charge in [-0.05, 0) is 75.5 Å². The van der Waals surface area contributed by atoms with Crippen LogP contribution in [0, 0.1) is 15.5 Å². The molecule has 0 spiro atoms. The zero-order chi connectivity index (χ0) is 24.3. The fraction of sp³-hybridized carbons (Fsp3) is 0.435. The number of nitro groups is 1. The summed E-state index contributed by atoms with van der Waals surface area (Å²) in [6.45, 7) is 4.47. The number of carbonyl (C=O) groups is 1. The van der Waals surface area contributed by atoms with E-state index in [0.717, 1.165) is 38.9 Å². The standard InChI is InChI=1S/C23H28N3O7P/c1-18(22(27)28)25(17-23-11-14-24(15-12-23)16-13-23)34(31,32-20-5-3-2-4-6-20)33-21-9-7-19(8-10-21)26(29)30/h2-10,18H,11-17H2,1H3,(H,27,28)/t18-,34?/m0/s1. The molecule has 0 aromatic heterocycles. The normalized spacial score (nSPS) is 24.2. The first-order chi connectivity index (χ1) is 16.2. The Morgan fingerprint density at radius 1 is 1.09 bits per heavy atom. The molecule has 1 unspecified atom stereocenters. The second-order valence-electron chi connectivity index (χ2n) is 8.92. The van der Waals surface area contributed by atoms with Crippen molar-refractivity contribution in [1.82, 2.24) is 9.57 Å². The van der Waals surface area contributed by atoms with Gasteiger partial charge in [-0.1, -0.05) is 18.2 Å². The number of carboxylic acids is 1. The predicted octanol–water partition coefficient (Wildman–Crippen LogP) is 4.42. The highest BCUT2D eigenvalue weighted by molar-refractivity contribution is 7.52. The van der Waals surface area contributed by atoms with Crippen molar-refractivity contribution in [3.8, 4) is 11.5 Å². The van der Waals surface area contributed by atoms with Gasteiger partial charge in [-0.15, -0.1) is 0 Å². The molecule has 2 aromatic carbocycles. The van der Waals surface area contributed by atoms with Crippen LogP contribution in [0.25, 0.3) is 0 Å². The van der Waals surface area contributed by atoms with E-state index in [1.165, 1.54) is 35.9 Å². The van der Waals surface area contributed by atoms with E-state index in [0.29, 0.717) is 0 Å². The van der Waals surface area contributed by atoms with E-state index in [2.05, 4.69) is 4.90 Å². The van der Waals surface area contributed by atoms with Crippen LogP contribution >= 0.6 is 7.75 Å². The van der Waals surface area contributed by atoms with Gasteiger partial charge in [0, 0.05) is 18.7 Å². The number of para-hydroxylation sites is 1. The molecule has 2 bridgehead atoms. The lowest BCUT2D eigenvalue weighted by molar-refractivity contribution is -0.384. The van der Waals surface area contributed by atoms with Crippen LogP contribution in [0.5, 0.6) is 11.5 Å². The molecule has 5 rings (SSSR count). The van der Waals surface area contributed by atoms with Crippen molar-refractivity contribution >= 4 is 19.4 Å². The lowest BCUT2D eigenvalue weighted by Gasteiger charge is -2.50. The molecule has 3 heterocycles. The third-order valence-electron chi connectivity index (χ3n) is 6.72. The average Bonchev–Trinajstić information content (AvgIpc) is 2.84. The quantitative estimate of drug-likeness (QED) is 0.293. The second kappa shape index (κ2) is 9.74. The molecule has 34 heavy (non-hydrogen) atoms. The Morgan fingerprint density at radius 2 is 1.62 bits per heavy atom. The Kier molecular flexibility index (Phi) is 6.93. The van der Waals surface area contributed by atoms with Crippen molar-refractivity contribution in [2.24, 2.45) is 5.41 Å². The van der Waals surface area contributed by atoms with Crippen molar-refractivity contribution < 1.29 is 28.4 Å². The van der Waals surface area contributed by atoms with Crippen LogP contribution in [0.2, 0.25) is 0 Å². The fourth-order valence-electron chi connectivity index (χ4n) is 4.54. The van der Waals surface area contributed by atoms with Gasteiger partial charge in [0.25, 0.3) is 5.69 Å². The van der Waals surface area contributed by atoms with E-state index in [1.54, 1.807) is 30.3 Å². The molecule has 2 aromatic rings. The van der Waals surface area contributed by atoms with Crippen molar-refractivity contribution in [3.05, 3.63) is 64.7 Å². The van der Waals surface area contributed by atoms with Crippen molar-refractivity contribution in [2.75, 3.05) is 26.2 Å². The molecule has 0 saturated carbocycles. The smallest absolute Gasteiger partial charge is 0.480 e. The number of fused-ring (bicyclic) bond motifs is 3. The van der Waals surface area contributed by atoms with Gasteiger partial charge in [0.05, 0.1) is 4.92 Å². The van der Waals surface area contributed by atoms with Crippen molar-refractivity contribution in [2.45, 2.75) is 32.2 Å². The summed E-state index contributed by atoms with van der Waals surface area (Å²) in [7, 11) is -4.26. The van der Waals surface area contributed by atoms with E-state index in [4.69, 9.17) is 9.05 Å². The lowest BCUT2D eigenvalue weighted by atomic mass is 9.72. The number of non-ortho nitro benzene ring substituents is 1. The Labute approximate surface area is 197 Å². The monoisotopic (exact) mass is 489 g/mol. The van der Waals surface area contributed by atoms with Crippen LogP contribution in [-0.2, 0) is 9.36 Å². The molecule has 3 aliphatic rings. The topological polar surface area (TPSA) is 122 Å². The molecule has 11 heteroatoms. The zero-order valence-electron chi connectivity index (χ0n) is 18.9. The second-order valence-corrected chi connectivity index (χ2v) is 10.7. The van der Waals surface area contributed by atoms with E-state index >= 15 is 0 Å². The van der Waals surface area contributed by atoms with Crippen molar-refractivity contribution in [3.63, 3.8) is 0 Å². The van der Waals surface area contributed by atoms with Crippen LogP contribution in [0.4, 0.5) is 5.69 Å². The largest absolute Gasteiger partial charge is 0.516 e. The summed E-state index contributed by atoms with van der Waals surface area (Å²) >= 11 is 0. The van der Waals surface area contributed by atoms with Gasteiger partial charge >= 0.3 is 13.7 Å². The molecule has 1 N–H and O–H groups in total. The summed E-state index contributed by atoms with van der Waals surface area (Å²) in [5.74, 6) is -0.788. The molecule has 3 saturated heterocycles. The van der Waals surface area contributed by atoms with Gasteiger partial charge < -0.3 is 19.1 Å². The summed E-state index contributed by atoms with van der Waals surface area (Å²) in [6, 6.07) is 12.4. The first-order valence-electron chi connectivity index (χ1n) is 11.2. The molecular weight excluding hydrogens is 461 g/mol. The molecule has 0 radical (unpaired) electrons. The Bertz CT molecular complexity index is 1060. The number of nitro benzene ring substituents is 1. The number of hydrogen-bond donors (Lipinski definition) is 1. The van der Waals surface area contributed by atoms with Gasteiger partial charge in [-0.25, -0.2) is 4.57 Å². The highest BCUT2D eigenvalue weighted by atomic mass is 31.2. The molecule has 182 valence electrons.